The summed E-state index contributed by atoms with van der Waals surface area (Å²) in [6.45, 7) is 5.20. The normalized spacial score (nSPS) is 31.2. The van der Waals surface area contributed by atoms with E-state index < -0.39 is 0 Å². The summed E-state index contributed by atoms with van der Waals surface area (Å²) in [6, 6.07) is 0.594. The van der Waals surface area contributed by atoms with Crippen molar-refractivity contribution >= 4 is 0 Å². The molecule has 2 unspecified atom stereocenters. The molecule has 0 amide bonds. The van der Waals surface area contributed by atoms with E-state index in [1.165, 1.54) is 12.8 Å². The van der Waals surface area contributed by atoms with Gasteiger partial charge < -0.3 is 0 Å². The molecule has 1 heteroatoms. The highest BCUT2D eigenvalue weighted by molar-refractivity contribution is 5.18. The number of rotatable bonds is 2. The van der Waals surface area contributed by atoms with Gasteiger partial charge in [-0.1, -0.05) is 24.5 Å². The highest BCUT2D eigenvalue weighted by atomic mass is 15.1. The van der Waals surface area contributed by atoms with E-state index >= 15 is 0 Å². The Morgan fingerprint density at radius 3 is 2.85 bits per heavy atom. The number of hydrogen-bond donors (Lipinski definition) is 0. The molecular weight excluding hydrogens is 158 g/mol. The standard InChI is InChI=1S/C12H19N/c1-5-9-13(4)12-8-7-10(3)11(12)6-2/h1,6,10,12H,7-9H2,2-4H3/b11-6+. The van der Waals surface area contributed by atoms with Gasteiger partial charge in [-0.05, 0) is 32.7 Å². The third-order valence-electron chi connectivity index (χ3n) is 3.03. The van der Waals surface area contributed by atoms with Crippen LogP contribution in [-0.2, 0) is 0 Å². The van der Waals surface area contributed by atoms with Gasteiger partial charge >= 0.3 is 0 Å². The molecule has 0 radical (unpaired) electrons. The fourth-order valence-corrected chi connectivity index (χ4v) is 2.28. The van der Waals surface area contributed by atoms with Crippen LogP contribution in [0.1, 0.15) is 26.7 Å². The van der Waals surface area contributed by atoms with Crippen molar-refractivity contribution in [3.63, 3.8) is 0 Å². The first-order chi connectivity index (χ1) is 6.20. The lowest BCUT2D eigenvalue weighted by molar-refractivity contribution is 0.308. The van der Waals surface area contributed by atoms with Crippen LogP contribution in [0.4, 0.5) is 0 Å². The minimum absolute atomic E-state index is 0.594. The molecule has 0 bridgehead atoms. The monoisotopic (exact) mass is 177 g/mol. The SMILES string of the molecule is C#CCN(C)C1CCC(C)/C1=C\C. The smallest absolute Gasteiger partial charge is 0.0601 e. The topological polar surface area (TPSA) is 3.24 Å². The molecule has 0 heterocycles. The van der Waals surface area contributed by atoms with Crippen molar-refractivity contribution in [3.8, 4) is 12.3 Å². The van der Waals surface area contributed by atoms with Crippen LogP contribution >= 0.6 is 0 Å². The molecule has 0 aliphatic heterocycles. The Bertz CT molecular complexity index is 234. The molecule has 1 aliphatic carbocycles. The Morgan fingerprint density at radius 1 is 1.62 bits per heavy atom. The second-order valence-corrected chi connectivity index (χ2v) is 3.90. The first-order valence-corrected chi connectivity index (χ1v) is 5.00. The van der Waals surface area contributed by atoms with Crippen LogP contribution in [0, 0.1) is 18.3 Å². The quantitative estimate of drug-likeness (QED) is 0.462. The average Bonchev–Trinajstić information content (AvgIpc) is 2.47. The van der Waals surface area contributed by atoms with Gasteiger partial charge in [0, 0.05) is 6.04 Å². The molecule has 13 heavy (non-hydrogen) atoms. The predicted molar refractivity (Wildman–Crippen MR) is 57.4 cm³/mol. The van der Waals surface area contributed by atoms with E-state index in [9.17, 15) is 0 Å². The second kappa shape index (κ2) is 4.48. The summed E-state index contributed by atoms with van der Waals surface area (Å²) in [4.78, 5) is 2.28. The van der Waals surface area contributed by atoms with Crippen LogP contribution in [-0.4, -0.2) is 24.5 Å². The number of hydrogen-bond acceptors (Lipinski definition) is 1. The third kappa shape index (κ3) is 2.14. The van der Waals surface area contributed by atoms with Gasteiger partial charge in [0.05, 0.1) is 6.54 Å². The van der Waals surface area contributed by atoms with Gasteiger partial charge in [0.2, 0.25) is 0 Å². The van der Waals surface area contributed by atoms with E-state index in [4.69, 9.17) is 6.42 Å². The number of terminal acetylenes is 1. The third-order valence-corrected chi connectivity index (χ3v) is 3.03. The zero-order chi connectivity index (χ0) is 9.84. The molecular formula is C12H19N. The van der Waals surface area contributed by atoms with Crippen molar-refractivity contribution in [2.24, 2.45) is 5.92 Å². The summed E-state index contributed by atoms with van der Waals surface area (Å²) < 4.78 is 0. The fraction of sp³-hybridized carbons (Fsp3) is 0.667. The highest BCUT2D eigenvalue weighted by Crippen LogP contribution is 2.33. The molecule has 1 rings (SSSR count). The lowest BCUT2D eigenvalue weighted by Crippen LogP contribution is -2.31. The minimum Gasteiger partial charge on any atom is -0.289 e. The van der Waals surface area contributed by atoms with Crippen LogP contribution in [0.15, 0.2) is 11.6 Å². The van der Waals surface area contributed by atoms with Crippen LogP contribution in [0.5, 0.6) is 0 Å². The Balaban J connectivity index is 2.66. The van der Waals surface area contributed by atoms with E-state index in [1.54, 1.807) is 5.57 Å². The molecule has 0 saturated heterocycles. The average molecular weight is 177 g/mol. The molecule has 0 aromatic carbocycles. The largest absolute Gasteiger partial charge is 0.289 e. The van der Waals surface area contributed by atoms with Gasteiger partial charge in [-0.2, -0.15) is 0 Å². The van der Waals surface area contributed by atoms with E-state index in [0.717, 1.165) is 12.5 Å². The van der Waals surface area contributed by atoms with Gasteiger partial charge in [0.15, 0.2) is 0 Å². The van der Waals surface area contributed by atoms with Crippen LogP contribution < -0.4 is 0 Å². The molecule has 0 aromatic heterocycles. The summed E-state index contributed by atoms with van der Waals surface area (Å²) >= 11 is 0. The maximum absolute atomic E-state index is 5.31. The molecule has 1 nitrogen and oxygen atoms in total. The van der Waals surface area contributed by atoms with Crippen molar-refractivity contribution < 1.29 is 0 Å². The number of allylic oxidation sites excluding steroid dienone is 1. The molecule has 1 fully saturated rings. The van der Waals surface area contributed by atoms with Crippen molar-refractivity contribution in [1.82, 2.24) is 4.90 Å². The van der Waals surface area contributed by atoms with Crippen molar-refractivity contribution in [2.45, 2.75) is 32.7 Å². The van der Waals surface area contributed by atoms with E-state index in [0.29, 0.717) is 6.04 Å². The summed E-state index contributed by atoms with van der Waals surface area (Å²) in [7, 11) is 2.12. The van der Waals surface area contributed by atoms with Gasteiger partial charge in [0.25, 0.3) is 0 Å². The summed E-state index contributed by atoms with van der Waals surface area (Å²) in [5, 5.41) is 0. The maximum atomic E-state index is 5.31. The summed E-state index contributed by atoms with van der Waals surface area (Å²) in [6.07, 6.45) is 10.1. The molecule has 0 N–H and O–H groups in total. The first-order valence-electron chi connectivity index (χ1n) is 5.00. The zero-order valence-electron chi connectivity index (χ0n) is 8.88. The van der Waals surface area contributed by atoms with Crippen LogP contribution in [0.2, 0.25) is 0 Å². The van der Waals surface area contributed by atoms with Gasteiger partial charge in [-0.25, -0.2) is 0 Å². The van der Waals surface area contributed by atoms with Crippen LogP contribution in [0.3, 0.4) is 0 Å². The van der Waals surface area contributed by atoms with Crippen molar-refractivity contribution in [3.05, 3.63) is 11.6 Å². The Morgan fingerprint density at radius 2 is 2.31 bits per heavy atom. The Labute approximate surface area is 81.8 Å². The Kier molecular flexibility index (Phi) is 3.57. The lowest BCUT2D eigenvalue weighted by Gasteiger charge is -2.24. The molecule has 2 atom stereocenters. The summed E-state index contributed by atoms with van der Waals surface area (Å²) in [5.41, 5.74) is 1.57. The Hall–Kier alpha value is -0.740. The summed E-state index contributed by atoms with van der Waals surface area (Å²) in [5.74, 6) is 3.45. The van der Waals surface area contributed by atoms with Gasteiger partial charge in [-0.15, -0.1) is 6.42 Å². The molecule has 1 saturated carbocycles. The van der Waals surface area contributed by atoms with E-state index in [-0.39, 0.29) is 0 Å². The highest BCUT2D eigenvalue weighted by Gasteiger charge is 2.28. The molecule has 0 spiro atoms. The van der Waals surface area contributed by atoms with Crippen molar-refractivity contribution in [2.75, 3.05) is 13.6 Å². The molecule has 1 aliphatic rings. The molecule has 0 aromatic rings. The lowest BCUT2D eigenvalue weighted by atomic mass is 10.0. The second-order valence-electron chi connectivity index (χ2n) is 3.90. The number of likely N-dealkylation sites (N-methyl/N-ethyl adjacent to an activating group) is 1. The number of nitrogens with zero attached hydrogens (tertiary/aromatic N) is 1. The predicted octanol–water partition coefficient (Wildman–Crippen LogP) is 2.30. The van der Waals surface area contributed by atoms with E-state index in [1.807, 2.05) is 0 Å². The zero-order valence-corrected chi connectivity index (χ0v) is 8.88. The van der Waals surface area contributed by atoms with Crippen LogP contribution in [0.25, 0.3) is 0 Å². The van der Waals surface area contributed by atoms with Gasteiger partial charge in [0.1, 0.15) is 0 Å². The fourth-order valence-electron chi connectivity index (χ4n) is 2.28. The van der Waals surface area contributed by atoms with E-state index in [2.05, 4.69) is 37.8 Å². The minimum atomic E-state index is 0.594. The maximum Gasteiger partial charge on any atom is 0.0601 e. The van der Waals surface area contributed by atoms with Crippen molar-refractivity contribution in [1.29, 1.82) is 0 Å². The van der Waals surface area contributed by atoms with Gasteiger partial charge in [-0.3, -0.25) is 4.90 Å². The molecule has 72 valence electrons. The first kappa shape index (κ1) is 10.3.